The Balaban J connectivity index is 1.81. The van der Waals surface area contributed by atoms with Gasteiger partial charge in [0.1, 0.15) is 5.25 Å². The van der Waals surface area contributed by atoms with E-state index in [0.29, 0.717) is 11.7 Å². The molecule has 2 fully saturated rings. The minimum Gasteiger partial charge on any atom is -0.338 e. The Bertz CT molecular complexity index is 527. The first-order chi connectivity index (χ1) is 8.59. The van der Waals surface area contributed by atoms with Crippen molar-refractivity contribution >= 4 is 9.84 Å². The molecule has 0 radical (unpaired) electrons. The van der Waals surface area contributed by atoms with Crippen molar-refractivity contribution < 1.29 is 12.9 Å². The van der Waals surface area contributed by atoms with Crippen LogP contribution in [0.2, 0.25) is 0 Å². The Hall–Kier alpha value is -0.910. The fourth-order valence-corrected chi connectivity index (χ4v) is 4.51. The highest BCUT2D eigenvalue weighted by Crippen LogP contribution is 2.39. The maximum atomic E-state index is 12.4. The summed E-state index contributed by atoms with van der Waals surface area (Å²) in [6.45, 7) is 1.66. The molecule has 0 aliphatic heterocycles. The standard InChI is InChI=1S/C12H18N2O3S/c1-8(18(15,16)10-4-2-3-5-10)12-13-11(14-17-12)9-6-7-9/h8-10H,2-7H2,1H3/t8-/m0/s1. The number of nitrogens with zero attached hydrogens (tertiary/aromatic N) is 2. The molecule has 0 N–H and O–H groups in total. The van der Waals surface area contributed by atoms with E-state index in [0.717, 1.165) is 38.5 Å². The number of sulfone groups is 1. The van der Waals surface area contributed by atoms with Crippen molar-refractivity contribution in [2.24, 2.45) is 0 Å². The molecular formula is C12H18N2O3S. The molecule has 1 aromatic heterocycles. The predicted octanol–water partition coefficient (Wildman–Crippen LogP) is 2.37. The van der Waals surface area contributed by atoms with Crippen LogP contribution in [-0.4, -0.2) is 23.8 Å². The van der Waals surface area contributed by atoms with Gasteiger partial charge in [0, 0.05) is 5.92 Å². The summed E-state index contributed by atoms with van der Waals surface area (Å²) >= 11 is 0. The molecule has 100 valence electrons. The molecule has 5 nitrogen and oxygen atoms in total. The van der Waals surface area contributed by atoms with Gasteiger partial charge in [0.15, 0.2) is 15.7 Å². The predicted molar refractivity (Wildman–Crippen MR) is 65.9 cm³/mol. The summed E-state index contributed by atoms with van der Waals surface area (Å²) in [5.41, 5.74) is 0. The van der Waals surface area contributed by atoms with Crippen LogP contribution in [0, 0.1) is 0 Å². The van der Waals surface area contributed by atoms with E-state index in [2.05, 4.69) is 10.1 Å². The highest BCUT2D eigenvalue weighted by Gasteiger charge is 2.38. The van der Waals surface area contributed by atoms with Crippen LogP contribution in [0.4, 0.5) is 0 Å². The summed E-state index contributed by atoms with van der Waals surface area (Å²) in [7, 11) is -3.18. The maximum Gasteiger partial charge on any atom is 0.244 e. The van der Waals surface area contributed by atoms with Crippen molar-refractivity contribution in [2.45, 2.75) is 61.9 Å². The van der Waals surface area contributed by atoms with Crippen LogP contribution in [0.25, 0.3) is 0 Å². The van der Waals surface area contributed by atoms with E-state index in [1.165, 1.54) is 0 Å². The first-order valence-electron chi connectivity index (χ1n) is 6.65. The zero-order valence-corrected chi connectivity index (χ0v) is 11.3. The molecule has 3 rings (SSSR count). The Morgan fingerprint density at radius 2 is 1.89 bits per heavy atom. The molecule has 1 heterocycles. The summed E-state index contributed by atoms with van der Waals surface area (Å²) < 4.78 is 29.9. The van der Waals surface area contributed by atoms with Crippen LogP contribution >= 0.6 is 0 Å². The van der Waals surface area contributed by atoms with Crippen LogP contribution in [0.3, 0.4) is 0 Å². The van der Waals surface area contributed by atoms with Crippen molar-refractivity contribution in [3.63, 3.8) is 0 Å². The van der Waals surface area contributed by atoms with Crippen molar-refractivity contribution in [3.05, 3.63) is 11.7 Å². The fraction of sp³-hybridized carbons (Fsp3) is 0.833. The topological polar surface area (TPSA) is 73.1 Å². The van der Waals surface area contributed by atoms with Gasteiger partial charge in [0.25, 0.3) is 0 Å². The van der Waals surface area contributed by atoms with E-state index in [1.54, 1.807) is 6.92 Å². The fourth-order valence-electron chi connectivity index (χ4n) is 2.57. The van der Waals surface area contributed by atoms with Crippen LogP contribution in [0.5, 0.6) is 0 Å². The Morgan fingerprint density at radius 3 is 2.50 bits per heavy atom. The van der Waals surface area contributed by atoms with Gasteiger partial charge in [0.05, 0.1) is 5.25 Å². The van der Waals surface area contributed by atoms with Gasteiger partial charge in [-0.25, -0.2) is 8.42 Å². The van der Waals surface area contributed by atoms with Crippen molar-refractivity contribution in [1.82, 2.24) is 10.1 Å². The number of hydrogen-bond acceptors (Lipinski definition) is 5. The van der Waals surface area contributed by atoms with Crippen LogP contribution in [-0.2, 0) is 9.84 Å². The Morgan fingerprint density at radius 1 is 1.22 bits per heavy atom. The third-order valence-electron chi connectivity index (χ3n) is 4.01. The summed E-state index contributed by atoms with van der Waals surface area (Å²) in [4.78, 5) is 4.25. The molecular weight excluding hydrogens is 252 g/mol. The molecule has 0 saturated heterocycles. The molecule has 6 heteroatoms. The largest absolute Gasteiger partial charge is 0.338 e. The van der Waals surface area contributed by atoms with Crippen molar-refractivity contribution in [1.29, 1.82) is 0 Å². The van der Waals surface area contributed by atoms with Gasteiger partial charge in [-0.3, -0.25) is 0 Å². The number of hydrogen-bond donors (Lipinski definition) is 0. The van der Waals surface area contributed by atoms with Crippen LogP contribution < -0.4 is 0 Å². The quantitative estimate of drug-likeness (QED) is 0.839. The lowest BCUT2D eigenvalue weighted by Gasteiger charge is -2.14. The van der Waals surface area contributed by atoms with Gasteiger partial charge < -0.3 is 4.52 Å². The van der Waals surface area contributed by atoms with Gasteiger partial charge >= 0.3 is 0 Å². The summed E-state index contributed by atoms with van der Waals surface area (Å²) in [6, 6.07) is 0. The van der Waals surface area contributed by atoms with Crippen molar-refractivity contribution in [3.8, 4) is 0 Å². The molecule has 0 unspecified atom stereocenters. The van der Waals surface area contributed by atoms with E-state index >= 15 is 0 Å². The molecule has 0 aromatic carbocycles. The number of rotatable bonds is 4. The lowest BCUT2D eigenvalue weighted by Crippen LogP contribution is -2.23. The summed E-state index contributed by atoms with van der Waals surface area (Å²) in [5, 5.41) is 3.00. The first-order valence-corrected chi connectivity index (χ1v) is 8.26. The second-order valence-corrected chi connectivity index (χ2v) is 7.95. The third kappa shape index (κ3) is 2.06. The van der Waals surface area contributed by atoms with E-state index in [4.69, 9.17) is 4.52 Å². The average molecular weight is 270 g/mol. The van der Waals surface area contributed by atoms with E-state index in [-0.39, 0.29) is 11.1 Å². The number of aromatic nitrogens is 2. The summed E-state index contributed by atoms with van der Waals surface area (Å²) in [5.74, 6) is 1.34. The molecule has 2 aliphatic rings. The smallest absolute Gasteiger partial charge is 0.244 e. The monoisotopic (exact) mass is 270 g/mol. The lowest BCUT2D eigenvalue weighted by molar-refractivity contribution is 0.370. The van der Waals surface area contributed by atoms with Gasteiger partial charge in [0.2, 0.25) is 5.89 Å². The molecule has 0 amide bonds. The van der Waals surface area contributed by atoms with Crippen LogP contribution in [0.15, 0.2) is 4.52 Å². The molecule has 18 heavy (non-hydrogen) atoms. The van der Waals surface area contributed by atoms with Gasteiger partial charge in [-0.2, -0.15) is 4.98 Å². The molecule has 1 aromatic rings. The minimum atomic E-state index is -3.18. The molecule has 2 aliphatic carbocycles. The van der Waals surface area contributed by atoms with Gasteiger partial charge in [-0.05, 0) is 32.6 Å². The Kier molecular flexibility index (Phi) is 2.92. The SMILES string of the molecule is C[C@@H](c1nc(C2CC2)no1)S(=O)(=O)C1CCCC1. The molecule has 0 spiro atoms. The zero-order chi connectivity index (χ0) is 12.8. The van der Waals surface area contributed by atoms with E-state index < -0.39 is 15.1 Å². The second kappa shape index (κ2) is 4.33. The lowest BCUT2D eigenvalue weighted by atomic mass is 10.4. The van der Waals surface area contributed by atoms with E-state index in [9.17, 15) is 8.42 Å². The minimum absolute atomic E-state index is 0.219. The first kappa shape index (κ1) is 12.1. The highest BCUT2D eigenvalue weighted by atomic mass is 32.2. The van der Waals surface area contributed by atoms with Gasteiger partial charge in [-0.15, -0.1) is 0 Å². The van der Waals surface area contributed by atoms with Crippen LogP contribution in [0.1, 0.15) is 68.3 Å². The third-order valence-corrected chi connectivity index (χ3v) is 6.60. The van der Waals surface area contributed by atoms with Crippen molar-refractivity contribution in [2.75, 3.05) is 0 Å². The second-order valence-electron chi connectivity index (χ2n) is 5.40. The molecule has 0 bridgehead atoms. The highest BCUT2D eigenvalue weighted by molar-refractivity contribution is 7.92. The zero-order valence-electron chi connectivity index (χ0n) is 10.5. The normalized spacial score (nSPS) is 23.4. The maximum absolute atomic E-state index is 12.4. The molecule has 1 atom stereocenters. The molecule has 2 saturated carbocycles. The summed E-state index contributed by atoms with van der Waals surface area (Å²) in [6.07, 6.45) is 5.74. The Labute approximate surface area is 107 Å². The van der Waals surface area contributed by atoms with E-state index in [1.807, 2.05) is 0 Å². The van der Waals surface area contributed by atoms with Gasteiger partial charge in [-0.1, -0.05) is 18.0 Å². The average Bonchev–Trinajstić information content (AvgIpc) is 2.88.